The topological polar surface area (TPSA) is 9.23 Å². The lowest BCUT2D eigenvalue weighted by atomic mass is 9.93. The van der Waals surface area contributed by atoms with Crippen LogP contribution < -0.4 is 0 Å². The Morgan fingerprint density at radius 1 is 1.05 bits per heavy atom. The minimum Gasteiger partial charge on any atom is -0.372 e. The van der Waals surface area contributed by atoms with Crippen molar-refractivity contribution < 1.29 is 4.74 Å². The van der Waals surface area contributed by atoms with E-state index in [0.29, 0.717) is 12.0 Å². The molecular weight excluding hydrogens is 268 g/mol. The van der Waals surface area contributed by atoms with Crippen molar-refractivity contribution in [3.8, 4) is 0 Å². The Hall–Kier alpha value is -0.820. The molecule has 0 amide bonds. The van der Waals surface area contributed by atoms with Gasteiger partial charge in [-0.25, -0.2) is 0 Å². The summed E-state index contributed by atoms with van der Waals surface area (Å²) in [4.78, 5) is 0. The molecule has 1 nitrogen and oxygen atoms in total. The molecule has 4 unspecified atom stereocenters. The maximum atomic E-state index is 6.26. The summed E-state index contributed by atoms with van der Waals surface area (Å²) in [6.07, 6.45) is 4.19. The van der Waals surface area contributed by atoms with Crippen molar-refractivity contribution in [2.75, 3.05) is 0 Å². The fourth-order valence-electron chi connectivity index (χ4n) is 3.35. The Bertz CT molecular complexity index is 448. The summed E-state index contributed by atoms with van der Waals surface area (Å²) in [5.41, 5.74) is 1.51. The van der Waals surface area contributed by atoms with E-state index in [0.717, 1.165) is 17.8 Å². The average Bonchev–Trinajstić information content (AvgIpc) is 3.25. The molecule has 124 valence electrons. The molecule has 1 aliphatic rings. The van der Waals surface area contributed by atoms with Crippen LogP contribution >= 0.6 is 0 Å². The standard InChI is InChI=1S/C21H34O/c1-15(2)21(5,6)22-17(4)13-12-16(3)19-14-20(19)18-10-8-7-9-11-18/h7-11,15-17,19-20H,12-14H2,1-6H3. The van der Waals surface area contributed by atoms with Gasteiger partial charge in [-0.15, -0.1) is 0 Å². The number of ether oxygens (including phenoxy) is 1. The van der Waals surface area contributed by atoms with E-state index in [1.165, 1.54) is 24.8 Å². The number of hydrogen-bond acceptors (Lipinski definition) is 1. The van der Waals surface area contributed by atoms with Crippen molar-refractivity contribution >= 4 is 0 Å². The van der Waals surface area contributed by atoms with Crippen LogP contribution in [0.1, 0.15) is 72.3 Å². The van der Waals surface area contributed by atoms with Crippen molar-refractivity contribution in [2.24, 2.45) is 17.8 Å². The average molecular weight is 303 g/mol. The fourth-order valence-corrected chi connectivity index (χ4v) is 3.35. The van der Waals surface area contributed by atoms with E-state index in [4.69, 9.17) is 4.74 Å². The zero-order chi connectivity index (χ0) is 16.3. The Kier molecular flexibility index (Phi) is 5.71. The highest BCUT2D eigenvalue weighted by Crippen LogP contribution is 2.52. The van der Waals surface area contributed by atoms with Crippen LogP contribution in [0.2, 0.25) is 0 Å². The molecule has 0 aromatic heterocycles. The van der Waals surface area contributed by atoms with Crippen LogP contribution in [0.4, 0.5) is 0 Å². The lowest BCUT2D eigenvalue weighted by Gasteiger charge is -2.33. The van der Waals surface area contributed by atoms with E-state index in [-0.39, 0.29) is 5.60 Å². The first kappa shape index (κ1) is 17.5. The Labute approximate surface area is 137 Å². The van der Waals surface area contributed by atoms with Crippen LogP contribution in [0, 0.1) is 17.8 Å². The van der Waals surface area contributed by atoms with Crippen molar-refractivity contribution in [2.45, 2.75) is 78.4 Å². The summed E-state index contributed by atoms with van der Waals surface area (Å²) >= 11 is 0. The van der Waals surface area contributed by atoms with Crippen LogP contribution in [0.25, 0.3) is 0 Å². The molecule has 1 aromatic carbocycles. The first-order valence-corrected chi connectivity index (χ1v) is 9.04. The first-order valence-electron chi connectivity index (χ1n) is 9.04. The maximum Gasteiger partial charge on any atom is 0.0652 e. The molecule has 1 aliphatic carbocycles. The molecule has 1 fully saturated rings. The fraction of sp³-hybridized carbons (Fsp3) is 0.714. The molecule has 0 radical (unpaired) electrons. The van der Waals surface area contributed by atoms with Crippen LogP contribution in [0.5, 0.6) is 0 Å². The maximum absolute atomic E-state index is 6.26. The van der Waals surface area contributed by atoms with Gasteiger partial charge in [-0.3, -0.25) is 0 Å². The van der Waals surface area contributed by atoms with Gasteiger partial charge in [0, 0.05) is 0 Å². The number of benzene rings is 1. The first-order chi connectivity index (χ1) is 10.3. The van der Waals surface area contributed by atoms with Gasteiger partial charge in [-0.1, -0.05) is 51.1 Å². The summed E-state index contributed by atoms with van der Waals surface area (Å²) in [6, 6.07) is 11.0. The summed E-state index contributed by atoms with van der Waals surface area (Å²) in [7, 11) is 0. The van der Waals surface area contributed by atoms with Gasteiger partial charge < -0.3 is 4.74 Å². The van der Waals surface area contributed by atoms with E-state index >= 15 is 0 Å². The van der Waals surface area contributed by atoms with Crippen LogP contribution in [-0.2, 0) is 4.74 Å². The molecule has 1 heteroatoms. The predicted octanol–water partition coefficient (Wildman–Crippen LogP) is 6.05. The minimum atomic E-state index is -0.0190. The highest BCUT2D eigenvalue weighted by atomic mass is 16.5. The van der Waals surface area contributed by atoms with Crippen molar-refractivity contribution in [1.29, 1.82) is 0 Å². The number of hydrogen-bond donors (Lipinski definition) is 0. The molecule has 0 heterocycles. The van der Waals surface area contributed by atoms with Gasteiger partial charge in [0.1, 0.15) is 0 Å². The zero-order valence-corrected chi connectivity index (χ0v) is 15.3. The quantitative estimate of drug-likeness (QED) is 0.568. The SMILES string of the molecule is CC(CCC(C)C1CC1c1ccccc1)OC(C)(C)C(C)C. The molecule has 0 spiro atoms. The molecular formula is C21H34O. The molecule has 0 bridgehead atoms. The van der Waals surface area contributed by atoms with Crippen LogP contribution in [0.15, 0.2) is 30.3 Å². The third kappa shape index (κ3) is 4.59. The molecule has 0 N–H and O–H groups in total. The highest BCUT2D eigenvalue weighted by Gasteiger charge is 2.41. The number of rotatable bonds is 8. The van der Waals surface area contributed by atoms with Crippen LogP contribution in [-0.4, -0.2) is 11.7 Å². The largest absolute Gasteiger partial charge is 0.372 e. The zero-order valence-electron chi connectivity index (χ0n) is 15.3. The van der Waals surface area contributed by atoms with E-state index in [1.54, 1.807) is 0 Å². The summed E-state index contributed by atoms with van der Waals surface area (Å²) in [6.45, 7) is 13.6. The van der Waals surface area contributed by atoms with Crippen molar-refractivity contribution in [3.63, 3.8) is 0 Å². The Morgan fingerprint density at radius 2 is 1.68 bits per heavy atom. The molecule has 22 heavy (non-hydrogen) atoms. The summed E-state index contributed by atoms with van der Waals surface area (Å²) in [5.74, 6) is 3.05. The highest BCUT2D eigenvalue weighted by molar-refractivity contribution is 5.25. The second kappa shape index (κ2) is 7.17. The molecule has 1 aromatic rings. The van der Waals surface area contributed by atoms with Gasteiger partial charge in [0.2, 0.25) is 0 Å². The Balaban J connectivity index is 1.74. The van der Waals surface area contributed by atoms with Crippen molar-refractivity contribution in [1.82, 2.24) is 0 Å². The third-order valence-corrected chi connectivity index (χ3v) is 5.72. The van der Waals surface area contributed by atoms with E-state index in [1.807, 2.05) is 0 Å². The molecule has 4 atom stereocenters. The Morgan fingerprint density at radius 3 is 2.27 bits per heavy atom. The van der Waals surface area contributed by atoms with E-state index < -0.39 is 0 Å². The smallest absolute Gasteiger partial charge is 0.0652 e. The van der Waals surface area contributed by atoms with Gasteiger partial charge >= 0.3 is 0 Å². The third-order valence-electron chi connectivity index (χ3n) is 5.72. The second-order valence-electron chi connectivity index (χ2n) is 8.16. The minimum absolute atomic E-state index is 0.0190. The van der Waals surface area contributed by atoms with Gasteiger partial charge in [0.05, 0.1) is 11.7 Å². The lowest BCUT2D eigenvalue weighted by molar-refractivity contribution is -0.0945. The van der Waals surface area contributed by atoms with Gasteiger partial charge in [0.15, 0.2) is 0 Å². The lowest BCUT2D eigenvalue weighted by Crippen LogP contribution is -2.34. The predicted molar refractivity (Wildman–Crippen MR) is 95.2 cm³/mol. The monoisotopic (exact) mass is 302 g/mol. The van der Waals surface area contributed by atoms with Gasteiger partial charge in [0.25, 0.3) is 0 Å². The molecule has 0 aliphatic heterocycles. The molecule has 2 rings (SSSR count). The van der Waals surface area contributed by atoms with Gasteiger partial charge in [-0.2, -0.15) is 0 Å². The normalized spacial score (nSPS) is 24.3. The molecule has 0 saturated heterocycles. The summed E-state index contributed by atoms with van der Waals surface area (Å²) in [5, 5.41) is 0. The van der Waals surface area contributed by atoms with Gasteiger partial charge in [-0.05, 0) is 69.3 Å². The van der Waals surface area contributed by atoms with E-state index in [9.17, 15) is 0 Å². The van der Waals surface area contributed by atoms with Crippen LogP contribution in [0.3, 0.4) is 0 Å². The van der Waals surface area contributed by atoms with E-state index in [2.05, 4.69) is 71.9 Å². The summed E-state index contributed by atoms with van der Waals surface area (Å²) < 4.78 is 6.26. The second-order valence-corrected chi connectivity index (χ2v) is 8.16. The van der Waals surface area contributed by atoms with Crippen molar-refractivity contribution in [3.05, 3.63) is 35.9 Å². The molecule has 1 saturated carbocycles.